The highest BCUT2D eigenvalue weighted by Gasteiger charge is 2.28. The standard InChI is InChI=1S/C16H20I3N2O6/c17-10-9-11(18)13(16(27)21(3-7-24)4-8-25)14(19)12(10)15(26)20(1-5-22)2-6-23/h22-25H,1-8H2. The lowest BCUT2D eigenvalue weighted by Crippen LogP contribution is -2.39. The molecule has 0 saturated carbocycles. The molecule has 0 spiro atoms. The zero-order valence-electron chi connectivity index (χ0n) is 14.3. The minimum Gasteiger partial charge on any atom is -0.395 e. The maximum Gasteiger partial charge on any atom is 0.256 e. The number of carbonyl (C=O) groups is 2. The maximum absolute atomic E-state index is 12.9. The number of aliphatic hydroxyl groups is 4. The van der Waals surface area contributed by atoms with E-state index >= 15 is 0 Å². The third-order valence-corrected chi connectivity index (χ3v) is 6.28. The number of hydrogen-bond acceptors (Lipinski definition) is 6. The largest absolute Gasteiger partial charge is 0.395 e. The molecule has 1 aromatic carbocycles. The molecule has 4 N–H and O–H groups in total. The predicted octanol–water partition coefficient (Wildman–Crippen LogP) is 0.154. The smallest absolute Gasteiger partial charge is 0.256 e. The molecule has 27 heavy (non-hydrogen) atoms. The van der Waals surface area contributed by atoms with Crippen LogP contribution < -0.4 is 0 Å². The first-order chi connectivity index (χ1) is 12.8. The van der Waals surface area contributed by atoms with Crippen molar-refractivity contribution in [2.75, 3.05) is 52.6 Å². The summed E-state index contributed by atoms with van der Waals surface area (Å²) in [5.74, 6) is -0.825. The minimum atomic E-state index is -0.413. The minimum absolute atomic E-state index is 0.0575. The predicted molar refractivity (Wildman–Crippen MR) is 124 cm³/mol. The van der Waals surface area contributed by atoms with Gasteiger partial charge in [-0.15, -0.1) is 0 Å². The van der Waals surface area contributed by atoms with Gasteiger partial charge in [0.2, 0.25) is 0 Å². The Morgan fingerprint density at radius 3 is 1.26 bits per heavy atom. The van der Waals surface area contributed by atoms with Crippen LogP contribution in [0.1, 0.15) is 20.7 Å². The van der Waals surface area contributed by atoms with Crippen LogP contribution in [0.25, 0.3) is 0 Å². The monoisotopic (exact) mass is 717 g/mol. The van der Waals surface area contributed by atoms with E-state index in [9.17, 15) is 30.0 Å². The van der Waals surface area contributed by atoms with Gasteiger partial charge in [-0.2, -0.15) is 0 Å². The lowest BCUT2D eigenvalue weighted by molar-refractivity contribution is 0.0676. The molecule has 2 amide bonds. The Bertz CT molecular complexity index is 610. The van der Waals surface area contributed by atoms with Crippen molar-refractivity contribution in [2.45, 2.75) is 0 Å². The third-order valence-electron chi connectivity index (χ3n) is 3.58. The first-order valence-corrected chi connectivity index (χ1v) is 11.2. The Morgan fingerprint density at radius 2 is 1.00 bits per heavy atom. The van der Waals surface area contributed by atoms with Gasteiger partial charge in [0, 0.05) is 43.0 Å². The summed E-state index contributed by atoms with van der Waals surface area (Å²) in [5, 5.41) is 36.7. The van der Waals surface area contributed by atoms with Crippen LogP contribution in [0.2, 0.25) is 0 Å². The Balaban J connectivity index is 3.43. The number of halogens is 3. The number of aliphatic hydroxyl groups excluding tert-OH is 4. The molecule has 0 aromatic heterocycles. The highest BCUT2D eigenvalue weighted by atomic mass is 127. The molecule has 0 aliphatic heterocycles. The topological polar surface area (TPSA) is 122 Å². The second kappa shape index (κ2) is 12.7. The lowest BCUT2D eigenvalue weighted by Gasteiger charge is -2.25. The fourth-order valence-electron chi connectivity index (χ4n) is 2.34. The molecule has 151 valence electrons. The number of amides is 2. The summed E-state index contributed by atoms with van der Waals surface area (Å²) in [7, 11) is 0. The molecule has 0 heterocycles. The fourth-order valence-corrected chi connectivity index (χ4v) is 6.43. The Kier molecular flexibility index (Phi) is 11.9. The van der Waals surface area contributed by atoms with Gasteiger partial charge in [-0.3, -0.25) is 9.59 Å². The average molecular weight is 717 g/mol. The van der Waals surface area contributed by atoms with Gasteiger partial charge < -0.3 is 30.2 Å². The van der Waals surface area contributed by atoms with Crippen molar-refractivity contribution in [2.24, 2.45) is 0 Å². The highest BCUT2D eigenvalue weighted by molar-refractivity contribution is 14.1. The van der Waals surface area contributed by atoms with Crippen molar-refractivity contribution in [1.29, 1.82) is 0 Å². The molecular formula is C16H20I3N2O6. The van der Waals surface area contributed by atoms with Crippen LogP contribution in [0.5, 0.6) is 0 Å². The first kappa shape index (κ1) is 25.2. The summed E-state index contributed by atoms with van der Waals surface area (Å²) in [5.41, 5.74) is 0.546. The first-order valence-electron chi connectivity index (χ1n) is 7.95. The second-order valence-electron chi connectivity index (χ2n) is 5.30. The Labute approximate surface area is 198 Å². The number of benzene rings is 1. The second-order valence-corrected chi connectivity index (χ2v) is 8.53. The van der Waals surface area contributed by atoms with Gasteiger partial charge in [0.25, 0.3) is 11.8 Å². The summed E-state index contributed by atoms with van der Waals surface area (Å²) in [6.07, 6.45) is 0. The van der Waals surface area contributed by atoms with Gasteiger partial charge >= 0.3 is 0 Å². The molecule has 0 bridgehead atoms. The maximum atomic E-state index is 12.9. The fraction of sp³-hybridized carbons (Fsp3) is 0.500. The summed E-state index contributed by atoms with van der Waals surface area (Å²) >= 11 is 5.86. The van der Waals surface area contributed by atoms with E-state index in [2.05, 4.69) is 6.07 Å². The van der Waals surface area contributed by atoms with Crippen LogP contribution in [-0.4, -0.2) is 94.6 Å². The van der Waals surface area contributed by atoms with Crippen LogP contribution >= 0.6 is 67.8 Å². The summed E-state index contributed by atoms with van der Waals surface area (Å²) in [6, 6.07) is 3.01. The van der Waals surface area contributed by atoms with Crippen molar-refractivity contribution in [1.82, 2.24) is 9.80 Å². The number of nitrogens with zero attached hydrogens (tertiary/aromatic N) is 2. The van der Waals surface area contributed by atoms with Gasteiger partial charge in [0.15, 0.2) is 0 Å². The van der Waals surface area contributed by atoms with Gasteiger partial charge in [-0.1, -0.05) is 0 Å². The van der Waals surface area contributed by atoms with Crippen LogP contribution in [0, 0.1) is 16.8 Å². The quantitative estimate of drug-likeness (QED) is 0.256. The van der Waals surface area contributed by atoms with E-state index in [0.29, 0.717) is 10.7 Å². The van der Waals surface area contributed by atoms with Crippen LogP contribution in [0.15, 0.2) is 0 Å². The van der Waals surface area contributed by atoms with Gasteiger partial charge in [-0.05, 0) is 67.8 Å². The van der Waals surface area contributed by atoms with Crippen molar-refractivity contribution in [3.05, 3.63) is 27.9 Å². The highest BCUT2D eigenvalue weighted by Crippen LogP contribution is 2.29. The van der Waals surface area contributed by atoms with E-state index in [0.717, 1.165) is 0 Å². The number of hydrogen-bond donors (Lipinski definition) is 4. The molecule has 0 atom stereocenters. The molecule has 0 saturated heterocycles. The van der Waals surface area contributed by atoms with Gasteiger partial charge in [0.1, 0.15) is 0 Å². The van der Waals surface area contributed by atoms with Crippen LogP contribution in [0.3, 0.4) is 0 Å². The van der Waals surface area contributed by atoms with E-state index in [1.807, 2.05) is 67.8 Å². The Morgan fingerprint density at radius 1 is 0.704 bits per heavy atom. The van der Waals surface area contributed by atoms with E-state index in [1.165, 1.54) is 9.80 Å². The summed E-state index contributed by atoms with van der Waals surface area (Å²) < 4.78 is 1.48. The van der Waals surface area contributed by atoms with Gasteiger partial charge in [-0.25, -0.2) is 0 Å². The molecule has 1 rings (SSSR count). The van der Waals surface area contributed by atoms with Gasteiger partial charge in [0.05, 0.1) is 37.6 Å². The summed E-state index contributed by atoms with van der Waals surface area (Å²) in [4.78, 5) is 28.5. The third kappa shape index (κ3) is 6.60. The van der Waals surface area contributed by atoms with E-state index < -0.39 is 11.8 Å². The molecule has 0 aliphatic rings. The molecule has 0 unspecified atom stereocenters. The average Bonchev–Trinajstić information content (AvgIpc) is 2.60. The molecule has 8 nitrogen and oxygen atoms in total. The van der Waals surface area contributed by atoms with Crippen LogP contribution in [-0.2, 0) is 0 Å². The molecule has 0 fully saturated rings. The lowest BCUT2D eigenvalue weighted by atomic mass is 10.1. The van der Waals surface area contributed by atoms with Crippen molar-refractivity contribution in [3.63, 3.8) is 0 Å². The van der Waals surface area contributed by atoms with Crippen molar-refractivity contribution >= 4 is 79.6 Å². The molecule has 1 radical (unpaired) electrons. The van der Waals surface area contributed by atoms with E-state index in [1.54, 1.807) is 0 Å². The van der Waals surface area contributed by atoms with Crippen LogP contribution in [0.4, 0.5) is 0 Å². The molecular weight excluding hydrogens is 697 g/mol. The number of rotatable bonds is 10. The zero-order valence-corrected chi connectivity index (χ0v) is 20.8. The molecule has 0 aliphatic carbocycles. The van der Waals surface area contributed by atoms with Crippen molar-refractivity contribution < 1.29 is 30.0 Å². The SMILES string of the molecule is O=C(c1c(I)[c]c(I)c(C(=O)N(CCO)CCO)c1I)N(CCO)CCO. The summed E-state index contributed by atoms with van der Waals surface area (Å²) in [6.45, 7) is -0.772. The van der Waals surface area contributed by atoms with E-state index in [-0.39, 0.29) is 63.7 Å². The number of carbonyl (C=O) groups excluding carboxylic acids is 2. The zero-order chi connectivity index (χ0) is 20.6. The normalized spacial score (nSPS) is 10.8. The molecule has 11 heteroatoms. The molecule has 1 aromatic rings. The Hall–Kier alpha value is 0.190. The van der Waals surface area contributed by atoms with E-state index in [4.69, 9.17) is 0 Å². The van der Waals surface area contributed by atoms with Crippen molar-refractivity contribution in [3.8, 4) is 0 Å².